The summed E-state index contributed by atoms with van der Waals surface area (Å²) in [5, 5.41) is 8.59. The van der Waals surface area contributed by atoms with Crippen molar-refractivity contribution >= 4 is 0 Å². The summed E-state index contributed by atoms with van der Waals surface area (Å²) in [6.07, 6.45) is 4.21. The minimum atomic E-state index is -0.280. The molecule has 1 aliphatic rings. The number of nitrogens with zero attached hydrogens (tertiary/aromatic N) is 1. The van der Waals surface area contributed by atoms with Crippen LogP contribution in [0.3, 0.4) is 0 Å². The third kappa shape index (κ3) is 1.23. The quantitative estimate of drug-likeness (QED) is 0.488. The molecule has 0 fully saturated rings. The molecule has 1 atom stereocenters. The normalized spacial score (nSPS) is 32.9. The number of ether oxygens (including phenoxy) is 1. The average molecular weight is 123 g/mol. The standard InChI is InChI=1S/C7H9NO/c1-7(6-8)2-4-9-5-3-7/h2,4H,3,5H2,1H3. The molecule has 48 valence electrons. The molecule has 0 saturated carbocycles. The second kappa shape index (κ2) is 2.10. The highest BCUT2D eigenvalue weighted by molar-refractivity contribution is 5.10. The molecule has 2 heteroatoms. The molecule has 0 bridgehead atoms. The van der Waals surface area contributed by atoms with Crippen LogP contribution in [0.1, 0.15) is 13.3 Å². The Morgan fingerprint density at radius 3 is 2.89 bits per heavy atom. The topological polar surface area (TPSA) is 33.0 Å². The summed E-state index contributed by atoms with van der Waals surface area (Å²) < 4.78 is 4.94. The number of rotatable bonds is 0. The van der Waals surface area contributed by atoms with Gasteiger partial charge in [0.2, 0.25) is 0 Å². The maximum absolute atomic E-state index is 8.59. The smallest absolute Gasteiger partial charge is 0.0891 e. The Morgan fingerprint density at radius 1 is 1.78 bits per heavy atom. The molecular weight excluding hydrogens is 114 g/mol. The Morgan fingerprint density at radius 2 is 2.56 bits per heavy atom. The van der Waals surface area contributed by atoms with Crippen molar-refractivity contribution in [1.82, 2.24) is 0 Å². The monoisotopic (exact) mass is 123 g/mol. The molecule has 1 heterocycles. The Balaban J connectivity index is 2.70. The van der Waals surface area contributed by atoms with Crippen LogP contribution >= 0.6 is 0 Å². The van der Waals surface area contributed by atoms with Gasteiger partial charge in [0.1, 0.15) is 0 Å². The lowest BCUT2D eigenvalue weighted by Gasteiger charge is -2.19. The zero-order valence-corrected chi connectivity index (χ0v) is 5.42. The molecule has 0 aliphatic carbocycles. The van der Waals surface area contributed by atoms with Gasteiger partial charge in [-0.2, -0.15) is 5.26 Å². The van der Waals surface area contributed by atoms with Crippen LogP contribution in [0.4, 0.5) is 0 Å². The van der Waals surface area contributed by atoms with E-state index < -0.39 is 0 Å². The number of allylic oxidation sites excluding steroid dienone is 1. The first-order chi connectivity index (χ1) is 4.27. The molecule has 0 saturated heterocycles. The van der Waals surface area contributed by atoms with E-state index >= 15 is 0 Å². The van der Waals surface area contributed by atoms with Crippen molar-refractivity contribution in [2.24, 2.45) is 5.41 Å². The lowest BCUT2D eigenvalue weighted by molar-refractivity contribution is 0.193. The van der Waals surface area contributed by atoms with Gasteiger partial charge in [0.05, 0.1) is 24.4 Å². The molecule has 1 aliphatic heterocycles. The van der Waals surface area contributed by atoms with Gasteiger partial charge in [0, 0.05) is 6.42 Å². The zero-order chi connectivity index (χ0) is 6.74. The summed E-state index contributed by atoms with van der Waals surface area (Å²) in [6, 6.07) is 2.21. The van der Waals surface area contributed by atoms with E-state index in [9.17, 15) is 0 Å². The summed E-state index contributed by atoms with van der Waals surface area (Å²) in [4.78, 5) is 0. The van der Waals surface area contributed by atoms with E-state index in [1.807, 2.05) is 6.92 Å². The van der Waals surface area contributed by atoms with Crippen molar-refractivity contribution in [3.8, 4) is 6.07 Å². The van der Waals surface area contributed by atoms with E-state index in [2.05, 4.69) is 6.07 Å². The van der Waals surface area contributed by atoms with Gasteiger partial charge >= 0.3 is 0 Å². The minimum Gasteiger partial charge on any atom is -0.501 e. The minimum absolute atomic E-state index is 0.280. The molecule has 0 aromatic heterocycles. The Kier molecular flexibility index (Phi) is 1.44. The summed E-state index contributed by atoms with van der Waals surface area (Å²) in [7, 11) is 0. The lowest BCUT2D eigenvalue weighted by atomic mass is 9.88. The highest BCUT2D eigenvalue weighted by Gasteiger charge is 2.22. The van der Waals surface area contributed by atoms with Crippen LogP contribution in [-0.4, -0.2) is 6.61 Å². The molecule has 0 spiro atoms. The number of hydrogen-bond donors (Lipinski definition) is 0. The van der Waals surface area contributed by atoms with Gasteiger partial charge in [0.25, 0.3) is 0 Å². The molecule has 1 rings (SSSR count). The maximum Gasteiger partial charge on any atom is 0.0891 e. The van der Waals surface area contributed by atoms with E-state index in [1.165, 1.54) is 0 Å². The highest BCUT2D eigenvalue weighted by Crippen LogP contribution is 2.24. The first-order valence-electron chi connectivity index (χ1n) is 2.97. The predicted molar refractivity (Wildman–Crippen MR) is 33.4 cm³/mol. The van der Waals surface area contributed by atoms with E-state index in [4.69, 9.17) is 10.00 Å². The molecule has 2 nitrogen and oxygen atoms in total. The van der Waals surface area contributed by atoms with Crippen LogP contribution in [0.2, 0.25) is 0 Å². The third-order valence-electron chi connectivity index (χ3n) is 1.53. The van der Waals surface area contributed by atoms with Crippen molar-refractivity contribution in [3.05, 3.63) is 12.3 Å². The molecule has 9 heavy (non-hydrogen) atoms. The summed E-state index contributed by atoms with van der Waals surface area (Å²) >= 11 is 0. The van der Waals surface area contributed by atoms with E-state index in [0.717, 1.165) is 6.42 Å². The fraction of sp³-hybridized carbons (Fsp3) is 0.571. The van der Waals surface area contributed by atoms with Gasteiger partial charge in [-0.25, -0.2) is 0 Å². The predicted octanol–water partition coefficient (Wildman–Crippen LogP) is 1.45. The summed E-state index contributed by atoms with van der Waals surface area (Å²) in [5.41, 5.74) is -0.280. The van der Waals surface area contributed by atoms with Crippen molar-refractivity contribution < 1.29 is 4.74 Å². The first kappa shape index (κ1) is 6.15. The van der Waals surface area contributed by atoms with Gasteiger partial charge in [-0.05, 0) is 13.0 Å². The van der Waals surface area contributed by atoms with Gasteiger partial charge in [-0.1, -0.05) is 0 Å². The van der Waals surface area contributed by atoms with Gasteiger partial charge in [-0.15, -0.1) is 0 Å². The maximum atomic E-state index is 8.59. The largest absolute Gasteiger partial charge is 0.501 e. The Hall–Kier alpha value is -0.970. The van der Waals surface area contributed by atoms with Crippen molar-refractivity contribution in [2.75, 3.05) is 6.61 Å². The van der Waals surface area contributed by atoms with Gasteiger partial charge in [0.15, 0.2) is 0 Å². The van der Waals surface area contributed by atoms with E-state index in [-0.39, 0.29) is 5.41 Å². The molecule has 0 N–H and O–H groups in total. The molecule has 0 radical (unpaired) electrons. The van der Waals surface area contributed by atoms with Gasteiger partial charge in [-0.3, -0.25) is 0 Å². The number of nitriles is 1. The van der Waals surface area contributed by atoms with Crippen LogP contribution in [-0.2, 0) is 4.74 Å². The second-order valence-electron chi connectivity index (χ2n) is 2.45. The van der Waals surface area contributed by atoms with E-state index in [1.54, 1.807) is 12.3 Å². The first-order valence-corrected chi connectivity index (χ1v) is 2.97. The van der Waals surface area contributed by atoms with E-state index in [0.29, 0.717) is 6.61 Å². The highest BCUT2D eigenvalue weighted by atomic mass is 16.5. The second-order valence-corrected chi connectivity index (χ2v) is 2.45. The van der Waals surface area contributed by atoms with Crippen molar-refractivity contribution in [1.29, 1.82) is 5.26 Å². The third-order valence-corrected chi connectivity index (χ3v) is 1.53. The van der Waals surface area contributed by atoms with Crippen LogP contribution in [0.5, 0.6) is 0 Å². The summed E-state index contributed by atoms with van der Waals surface area (Å²) in [5.74, 6) is 0. The molecule has 0 aromatic rings. The molecular formula is C7H9NO. The number of hydrogen-bond acceptors (Lipinski definition) is 2. The molecule has 0 amide bonds. The Labute approximate surface area is 54.7 Å². The lowest BCUT2D eigenvalue weighted by Crippen LogP contribution is -2.16. The van der Waals surface area contributed by atoms with Gasteiger partial charge < -0.3 is 4.74 Å². The fourth-order valence-corrected chi connectivity index (χ4v) is 0.714. The van der Waals surface area contributed by atoms with Crippen molar-refractivity contribution in [2.45, 2.75) is 13.3 Å². The van der Waals surface area contributed by atoms with Crippen LogP contribution < -0.4 is 0 Å². The van der Waals surface area contributed by atoms with Crippen LogP contribution in [0.15, 0.2) is 12.3 Å². The van der Waals surface area contributed by atoms with Crippen LogP contribution in [0, 0.1) is 16.7 Å². The average Bonchev–Trinajstić information content (AvgIpc) is 1.90. The molecule has 1 unspecified atom stereocenters. The zero-order valence-electron chi connectivity index (χ0n) is 5.42. The van der Waals surface area contributed by atoms with Crippen molar-refractivity contribution in [3.63, 3.8) is 0 Å². The SMILES string of the molecule is CC1(C#N)C=COCC1. The summed E-state index contributed by atoms with van der Waals surface area (Å²) in [6.45, 7) is 2.58. The Bertz CT molecular complexity index is 168. The molecule has 0 aromatic carbocycles. The van der Waals surface area contributed by atoms with Crippen LogP contribution in [0.25, 0.3) is 0 Å². The fourth-order valence-electron chi connectivity index (χ4n) is 0.714.